The number of nitriles is 1. The Balaban J connectivity index is 2.09. The van der Waals surface area contributed by atoms with Crippen LogP contribution in [0.1, 0.15) is 21.6 Å². The summed E-state index contributed by atoms with van der Waals surface area (Å²) in [4.78, 5) is 15.0. The van der Waals surface area contributed by atoms with E-state index in [9.17, 15) is 9.90 Å². The van der Waals surface area contributed by atoms with Gasteiger partial charge in [0, 0.05) is 12.3 Å². The van der Waals surface area contributed by atoms with Gasteiger partial charge in [-0.2, -0.15) is 15.0 Å². The summed E-state index contributed by atoms with van der Waals surface area (Å²) in [6, 6.07) is 10.1. The standard InChI is InChI=1S/C17H13N5O3/c1-9-15(11-4-2-10(7-18)3-5-11)16(23)22(21-9)14-6-13(19)12(8-20-14)17(24)25/h2-6,8,23H,1H3,(H2,19,20)(H,24,25). The highest BCUT2D eigenvalue weighted by molar-refractivity contribution is 5.93. The number of hydrogen-bond donors (Lipinski definition) is 3. The van der Waals surface area contributed by atoms with Crippen molar-refractivity contribution in [2.24, 2.45) is 0 Å². The van der Waals surface area contributed by atoms with Crippen molar-refractivity contribution in [1.29, 1.82) is 5.26 Å². The van der Waals surface area contributed by atoms with Crippen molar-refractivity contribution < 1.29 is 15.0 Å². The fourth-order valence-corrected chi connectivity index (χ4v) is 2.48. The minimum Gasteiger partial charge on any atom is -0.493 e. The molecule has 0 spiro atoms. The van der Waals surface area contributed by atoms with Gasteiger partial charge in [-0.05, 0) is 24.6 Å². The second-order valence-corrected chi connectivity index (χ2v) is 5.32. The Morgan fingerprint density at radius 3 is 2.56 bits per heavy atom. The SMILES string of the molecule is Cc1nn(-c2cc(N)c(C(=O)O)cn2)c(O)c1-c1ccc(C#N)cc1. The van der Waals surface area contributed by atoms with E-state index < -0.39 is 5.97 Å². The zero-order valence-corrected chi connectivity index (χ0v) is 13.1. The Labute approximate surface area is 142 Å². The number of rotatable bonds is 3. The molecule has 2 heterocycles. The molecule has 0 aliphatic rings. The summed E-state index contributed by atoms with van der Waals surface area (Å²) in [6.45, 7) is 1.72. The Morgan fingerprint density at radius 2 is 2.00 bits per heavy atom. The number of nitrogen functional groups attached to an aromatic ring is 1. The third kappa shape index (κ3) is 2.74. The van der Waals surface area contributed by atoms with Crippen molar-refractivity contribution in [3.63, 3.8) is 0 Å². The molecule has 8 heteroatoms. The van der Waals surface area contributed by atoms with Gasteiger partial charge in [-0.25, -0.2) is 9.78 Å². The first-order chi connectivity index (χ1) is 11.9. The van der Waals surface area contributed by atoms with Crippen LogP contribution in [-0.4, -0.2) is 30.9 Å². The summed E-state index contributed by atoms with van der Waals surface area (Å²) >= 11 is 0. The second-order valence-electron chi connectivity index (χ2n) is 5.32. The molecule has 2 aromatic heterocycles. The molecule has 3 rings (SSSR count). The van der Waals surface area contributed by atoms with Gasteiger partial charge in [-0.15, -0.1) is 0 Å². The number of pyridine rings is 1. The van der Waals surface area contributed by atoms with Crippen molar-refractivity contribution in [3.8, 4) is 28.9 Å². The minimum atomic E-state index is -1.18. The predicted octanol–water partition coefficient (Wildman–Crippen LogP) is 2.10. The highest BCUT2D eigenvalue weighted by Gasteiger charge is 2.19. The minimum absolute atomic E-state index is 0.0185. The maximum Gasteiger partial charge on any atom is 0.339 e. The number of aromatic nitrogens is 3. The van der Waals surface area contributed by atoms with Crippen LogP contribution in [-0.2, 0) is 0 Å². The molecule has 8 nitrogen and oxygen atoms in total. The van der Waals surface area contributed by atoms with Gasteiger partial charge in [0.1, 0.15) is 5.56 Å². The molecule has 0 atom stereocenters. The number of nitrogens with zero attached hydrogens (tertiary/aromatic N) is 4. The van der Waals surface area contributed by atoms with E-state index in [2.05, 4.69) is 10.1 Å². The van der Waals surface area contributed by atoms with E-state index in [-0.39, 0.29) is 22.9 Å². The van der Waals surface area contributed by atoms with Crippen molar-refractivity contribution in [2.45, 2.75) is 6.92 Å². The third-order valence-electron chi connectivity index (χ3n) is 3.71. The normalized spacial score (nSPS) is 10.4. The molecule has 0 saturated heterocycles. The lowest BCUT2D eigenvalue weighted by molar-refractivity contribution is 0.0697. The molecule has 0 amide bonds. The average molecular weight is 335 g/mol. The lowest BCUT2D eigenvalue weighted by Gasteiger charge is -2.06. The molecule has 124 valence electrons. The first-order valence-corrected chi connectivity index (χ1v) is 7.20. The van der Waals surface area contributed by atoms with E-state index >= 15 is 0 Å². The number of carboxylic acid groups (broad SMARTS) is 1. The third-order valence-corrected chi connectivity index (χ3v) is 3.71. The molecular formula is C17H13N5O3. The van der Waals surface area contributed by atoms with Crippen LogP contribution in [0.2, 0.25) is 0 Å². The van der Waals surface area contributed by atoms with Gasteiger partial charge < -0.3 is 15.9 Å². The summed E-state index contributed by atoms with van der Waals surface area (Å²) in [5, 5.41) is 32.7. The van der Waals surface area contributed by atoms with Gasteiger partial charge >= 0.3 is 5.97 Å². The van der Waals surface area contributed by atoms with Crippen LogP contribution in [0, 0.1) is 18.3 Å². The number of aryl methyl sites for hydroxylation is 1. The number of hydrogen-bond acceptors (Lipinski definition) is 6. The lowest BCUT2D eigenvalue weighted by Crippen LogP contribution is -2.07. The molecule has 0 saturated carbocycles. The maximum atomic E-state index is 11.0. The summed E-state index contributed by atoms with van der Waals surface area (Å²) < 4.78 is 1.19. The first kappa shape index (κ1) is 16.0. The van der Waals surface area contributed by atoms with Crippen LogP contribution in [0.15, 0.2) is 36.5 Å². The van der Waals surface area contributed by atoms with E-state index in [1.807, 2.05) is 6.07 Å². The average Bonchev–Trinajstić information content (AvgIpc) is 2.89. The van der Waals surface area contributed by atoms with Crippen molar-refractivity contribution in [3.05, 3.63) is 53.3 Å². The smallest absolute Gasteiger partial charge is 0.339 e. The van der Waals surface area contributed by atoms with Crippen LogP contribution in [0.25, 0.3) is 16.9 Å². The first-order valence-electron chi connectivity index (χ1n) is 7.20. The molecule has 0 fully saturated rings. The number of benzene rings is 1. The number of carbonyl (C=O) groups is 1. The second kappa shape index (κ2) is 5.98. The molecule has 0 radical (unpaired) electrons. The van der Waals surface area contributed by atoms with Gasteiger partial charge in [0.25, 0.3) is 0 Å². The summed E-state index contributed by atoms with van der Waals surface area (Å²) in [5.41, 5.74) is 7.85. The highest BCUT2D eigenvalue weighted by Crippen LogP contribution is 2.34. The van der Waals surface area contributed by atoms with Gasteiger partial charge in [0.2, 0.25) is 5.88 Å². The quantitative estimate of drug-likeness (QED) is 0.666. The van der Waals surface area contributed by atoms with Gasteiger partial charge in [0.15, 0.2) is 5.82 Å². The Bertz CT molecular complexity index is 1020. The number of carboxylic acids is 1. The van der Waals surface area contributed by atoms with Crippen molar-refractivity contribution in [2.75, 3.05) is 5.73 Å². The predicted molar refractivity (Wildman–Crippen MR) is 89.3 cm³/mol. The van der Waals surface area contributed by atoms with Crippen LogP contribution < -0.4 is 5.73 Å². The monoisotopic (exact) mass is 335 g/mol. The van der Waals surface area contributed by atoms with E-state index in [0.29, 0.717) is 22.4 Å². The Hall–Kier alpha value is -3.86. The van der Waals surface area contributed by atoms with Crippen LogP contribution in [0.3, 0.4) is 0 Å². The van der Waals surface area contributed by atoms with E-state index in [1.165, 1.54) is 10.7 Å². The summed E-state index contributed by atoms with van der Waals surface area (Å²) in [6.07, 6.45) is 1.12. The van der Waals surface area contributed by atoms with E-state index in [4.69, 9.17) is 16.1 Å². The number of aromatic hydroxyl groups is 1. The molecule has 1 aromatic carbocycles. The fraction of sp³-hybridized carbons (Fsp3) is 0.0588. The summed E-state index contributed by atoms with van der Waals surface area (Å²) in [5.74, 6) is -1.14. The fourth-order valence-electron chi connectivity index (χ4n) is 2.48. The maximum absolute atomic E-state index is 11.0. The van der Waals surface area contributed by atoms with E-state index in [1.54, 1.807) is 31.2 Å². The Morgan fingerprint density at radius 1 is 1.32 bits per heavy atom. The molecule has 4 N–H and O–H groups in total. The molecule has 3 aromatic rings. The number of aromatic carboxylic acids is 1. The molecule has 0 aliphatic carbocycles. The van der Waals surface area contributed by atoms with Crippen LogP contribution in [0.5, 0.6) is 5.88 Å². The van der Waals surface area contributed by atoms with Crippen molar-refractivity contribution >= 4 is 11.7 Å². The zero-order valence-electron chi connectivity index (χ0n) is 13.1. The topological polar surface area (TPSA) is 138 Å². The van der Waals surface area contributed by atoms with Crippen molar-refractivity contribution in [1.82, 2.24) is 14.8 Å². The number of anilines is 1. The Kier molecular flexibility index (Phi) is 3.83. The van der Waals surface area contributed by atoms with E-state index in [0.717, 1.165) is 6.20 Å². The summed E-state index contributed by atoms with van der Waals surface area (Å²) in [7, 11) is 0. The highest BCUT2D eigenvalue weighted by atomic mass is 16.4. The van der Waals surface area contributed by atoms with Crippen LogP contribution in [0.4, 0.5) is 5.69 Å². The number of nitrogens with two attached hydrogens (primary N) is 1. The molecule has 0 aliphatic heterocycles. The zero-order chi connectivity index (χ0) is 18.1. The molecule has 25 heavy (non-hydrogen) atoms. The van der Waals surface area contributed by atoms with Gasteiger partial charge in [-0.3, -0.25) is 0 Å². The molecule has 0 bridgehead atoms. The van der Waals surface area contributed by atoms with Crippen LogP contribution >= 0.6 is 0 Å². The largest absolute Gasteiger partial charge is 0.493 e. The van der Waals surface area contributed by atoms with Gasteiger partial charge in [-0.1, -0.05) is 12.1 Å². The lowest BCUT2D eigenvalue weighted by atomic mass is 10.0. The molecular weight excluding hydrogens is 322 g/mol. The van der Waals surface area contributed by atoms with Gasteiger partial charge in [0.05, 0.1) is 28.6 Å². The molecule has 0 unspecified atom stereocenters.